The van der Waals surface area contributed by atoms with Crippen molar-refractivity contribution in [3.05, 3.63) is 69.2 Å². The summed E-state index contributed by atoms with van der Waals surface area (Å²) < 4.78 is 5.36. The van der Waals surface area contributed by atoms with Gasteiger partial charge >= 0.3 is 0 Å². The molecule has 1 saturated heterocycles. The standard InChI is InChI=1S/C22H23N3O4S/c26-20-15-5-1-2-6-16(15)21(27)19(24-22(28)17-7-3-14-30-17)18(20)23-8-4-9-25-10-12-29-13-11-25/h1-3,5-7,14,23H,4,8-13H2,(H,24,28). The zero-order valence-electron chi connectivity index (χ0n) is 16.5. The lowest BCUT2D eigenvalue weighted by molar-refractivity contribution is 0.0375. The van der Waals surface area contributed by atoms with Crippen LogP contribution in [0.25, 0.3) is 0 Å². The molecule has 156 valence electrons. The third-order valence-electron chi connectivity index (χ3n) is 5.16. The number of nitrogens with zero attached hydrogens (tertiary/aromatic N) is 1. The summed E-state index contributed by atoms with van der Waals surface area (Å²) in [7, 11) is 0. The number of rotatable bonds is 7. The molecule has 1 amide bonds. The number of carbonyl (C=O) groups excluding carboxylic acids is 3. The molecule has 1 aromatic carbocycles. The molecule has 0 unspecified atom stereocenters. The number of benzene rings is 1. The first-order valence-electron chi connectivity index (χ1n) is 9.96. The fourth-order valence-corrected chi connectivity index (χ4v) is 4.21. The zero-order chi connectivity index (χ0) is 20.9. The van der Waals surface area contributed by atoms with Gasteiger partial charge in [0.1, 0.15) is 11.4 Å². The zero-order valence-corrected chi connectivity index (χ0v) is 17.3. The molecule has 2 aromatic rings. The van der Waals surface area contributed by atoms with E-state index >= 15 is 0 Å². The molecular weight excluding hydrogens is 402 g/mol. The number of nitrogens with one attached hydrogen (secondary N) is 2. The van der Waals surface area contributed by atoms with Crippen LogP contribution in [-0.4, -0.2) is 61.8 Å². The van der Waals surface area contributed by atoms with Gasteiger partial charge in [0.05, 0.1) is 18.1 Å². The van der Waals surface area contributed by atoms with E-state index in [4.69, 9.17) is 4.74 Å². The lowest BCUT2D eigenvalue weighted by Gasteiger charge is -2.27. The largest absolute Gasteiger partial charge is 0.380 e. The molecule has 0 atom stereocenters. The van der Waals surface area contributed by atoms with Gasteiger partial charge in [-0.05, 0) is 24.4 Å². The minimum absolute atomic E-state index is 0.0171. The minimum atomic E-state index is -0.395. The van der Waals surface area contributed by atoms with Crippen LogP contribution in [0.3, 0.4) is 0 Å². The van der Waals surface area contributed by atoms with Gasteiger partial charge in [-0.2, -0.15) is 0 Å². The summed E-state index contributed by atoms with van der Waals surface area (Å²) in [4.78, 5) is 41.5. The van der Waals surface area contributed by atoms with Gasteiger partial charge in [0, 0.05) is 30.8 Å². The molecule has 2 aliphatic rings. The number of morpholine rings is 1. The van der Waals surface area contributed by atoms with Crippen LogP contribution in [0.15, 0.2) is 53.2 Å². The van der Waals surface area contributed by atoms with Crippen LogP contribution >= 0.6 is 11.3 Å². The second kappa shape index (κ2) is 9.34. The van der Waals surface area contributed by atoms with Crippen LogP contribution in [0.5, 0.6) is 0 Å². The number of amides is 1. The summed E-state index contributed by atoms with van der Waals surface area (Å²) >= 11 is 1.28. The maximum Gasteiger partial charge on any atom is 0.265 e. The predicted octanol–water partition coefficient (Wildman–Crippen LogP) is 2.08. The number of thiophene rings is 1. The normalized spacial score (nSPS) is 17.1. The molecule has 8 heteroatoms. The summed E-state index contributed by atoms with van der Waals surface area (Å²) in [5, 5.41) is 7.59. The van der Waals surface area contributed by atoms with E-state index in [2.05, 4.69) is 15.5 Å². The Bertz CT molecular complexity index is 978. The first kappa shape index (κ1) is 20.5. The number of hydrogen-bond acceptors (Lipinski definition) is 7. The summed E-state index contributed by atoms with van der Waals surface area (Å²) in [6.07, 6.45) is 0.804. The van der Waals surface area contributed by atoms with Crippen molar-refractivity contribution in [3.8, 4) is 0 Å². The van der Waals surface area contributed by atoms with Crippen molar-refractivity contribution in [2.24, 2.45) is 0 Å². The van der Waals surface area contributed by atoms with E-state index in [-0.39, 0.29) is 23.0 Å². The summed E-state index contributed by atoms with van der Waals surface area (Å²) in [6.45, 7) is 4.67. The number of Topliss-reactive ketones (excluding diaryl/α,β-unsaturated/α-hetero) is 2. The lowest BCUT2D eigenvalue weighted by atomic mass is 9.90. The van der Waals surface area contributed by atoms with E-state index in [1.54, 1.807) is 41.8 Å². The van der Waals surface area contributed by atoms with Crippen molar-refractivity contribution in [2.45, 2.75) is 6.42 Å². The van der Waals surface area contributed by atoms with Crippen molar-refractivity contribution in [1.29, 1.82) is 0 Å². The Morgan fingerprint density at radius 3 is 2.37 bits per heavy atom. The molecule has 0 saturated carbocycles. The number of fused-ring (bicyclic) bond motifs is 1. The van der Waals surface area contributed by atoms with Crippen molar-refractivity contribution >= 4 is 28.8 Å². The summed E-state index contributed by atoms with van der Waals surface area (Å²) in [5.74, 6) is -1.03. The van der Waals surface area contributed by atoms with Gasteiger partial charge in [-0.15, -0.1) is 11.3 Å². The molecule has 0 radical (unpaired) electrons. The molecule has 7 nitrogen and oxygen atoms in total. The molecule has 0 spiro atoms. The number of carbonyl (C=O) groups is 3. The topological polar surface area (TPSA) is 87.7 Å². The number of allylic oxidation sites excluding steroid dienone is 2. The fraction of sp³-hybridized carbons (Fsp3) is 0.318. The summed E-state index contributed by atoms with van der Waals surface area (Å²) in [5.41, 5.74) is 0.837. The van der Waals surface area contributed by atoms with Crippen molar-refractivity contribution in [2.75, 3.05) is 39.4 Å². The van der Waals surface area contributed by atoms with E-state index in [0.29, 0.717) is 22.5 Å². The van der Waals surface area contributed by atoms with Crippen LogP contribution in [0.4, 0.5) is 0 Å². The highest BCUT2D eigenvalue weighted by atomic mass is 32.1. The number of ketones is 2. The molecular formula is C22H23N3O4S. The lowest BCUT2D eigenvalue weighted by Crippen LogP contribution is -2.40. The maximum absolute atomic E-state index is 13.1. The van der Waals surface area contributed by atoms with Crippen molar-refractivity contribution in [3.63, 3.8) is 0 Å². The Labute approximate surface area is 178 Å². The molecule has 1 aliphatic carbocycles. The van der Waals surface area contributed by atoms with Gasteiger partial charge in [-0.3, -0.25) is 19.3 Å². The highest BCUT2D eigenvalue weighted by Crippen LogP contribution is 2.24. The quantitative estimate of drug-likeness (QED) is 0.661. The van der Waals surface area contributed by atoms with Gasteiger partial charge in [0.15, 0.2) is 0 Å². The molecule has 1 fully saturated rings. The Kier molecular flexibility index (Phi) is 6.37. The Hall–Kier alpha value is -2.81. The second-order valence-electron chi connectivity index (χ2n) is 7.12. The van der Waals surface area contributed by atoms with Crippen molar-refractivity contribution < 1.29 is 19.1 Å². The Morgan fingerprint density at radius 2 is 1.70 bits per heavy atom. The average molecular weight is 426 g/mol. The molecule has 30 heavy (non-hydrogen) atoms. The van der Waals surface area contributed by atoms with Gasteiger partial charge < -0.3 is 15.4 Å². The van der Waals surface area contributed by atoms with Gasteiger partial charge in [0.2, 0.25) is 11.6 Å². The van der Waals surface area contributed by atoms with Crippen LogP contribution in [-0.2, 0) is 4.74 Å². The maximum atomic E-state index is 13.1. The minimum Gasteiger partial charge on any atom is -0.380 e. The number of hydrogen-bond donors (Lipinski definition) is 2. The van der Waals surface area contributed by atoms with Crippen LogP contribution in [0.1, 0.15) is 36.8 Å². The van der Waals surface area contributed by atoms with Gasteiger partial charge in [0.25, 0.3) is 5.91 Å². The van der Waals surface area contributed by atoms with E-state index in [1.807, 2.05) is 0 Å². The van der Waals surface area contributed by atoms with Crippen LogP contribution in [0.2, 0.25) is 0 Å². The number of ether oxygens (including phenoxy) is 1. The molecule has 1 aromatic heterocycles. The van der Waals surface area contributed by atoms with E-state index < -0.39 is 5.91 Å². The first-order valence-corrected chi connectivity index (χ1v) is 10.8. The SMILES string of the molecule is O=C(NC1=C(NCCCN2CCOCC2)C(=O)c2ccccc2C1=O)c1cccs1. The third-order valence-corrected chi connectivity index (χ3v) is 6.03. The Balaban J connectivity index is 1.52. The molecule has 2 N–H and O–H groups in total. The average Bonchev–Trinajstić information content (AvgIpc) is 3.32. The van der Waals surface area contributed by atoms with E-state index in [9.17, 15) is 14.4 Å². The predicted molar refractivity (Wildman–Crippen MR) is 114 cm³/mol. The van der Waals surface area contributed by atoms with Gasteiger partial charge in [-0.25, -0.2) is 0 Å². The highest BCUT2D eigenvalue weighted by molar-refractivity contribution is 7.12. The summed E-state index contributed by atoms with van der Waals surface area (Å²) in [6, 6.07) is 10.1. The van der Waals surface area contributed by atoms with E-state index in [0.717, 1.165) is 39.3 Å². The third kappa shape index (κ3) is 4.35. The fourth-order valence-electron chi connectivity index (χ4n) is 3.59. The molecule has 1 aliphatic heterocycles. The van der Waals surface area contributed by atoms with E-state index in [1.165, 1.54) is 11.3 Å². The molecule has 4 rings (SSSR count). The van der Waals surface area contributed by atoms with Crippen LogP contribution in [0, 0.1) is 0 Å². The highest BCUT2D eigenvalue weighted by Gasteiger charge is 2.33. The monoisotopic (exact) mass is 425 g/mol. The Morgan fingerprint density at radius 1 is 1.00 bits per heavy atom. The smallest absolute Gasteiger partial charge is 0.265 e. The molecule has 2 heterocycles. The van der Waals surface area contributed by atoms with Gasteiger partial charge in [-0.1, -0.05) is 30.3 Å². The second-order valence-corrected chi connectivity index (χ2v) is 8.07. The van der Waals surface area contributed by atoms with Crippen LogP contribution < -0.4 is 10.6 Å². The van der Waals surface area contributed by atoms with Crippen molar-refractivity contribution in [1.82, 2.24) is 15.5 Å². The molecule has 0 bridgehead atoms. The first-order chi connectivity index (χ1) is 14.6.